The molecule has 0 heterocycles. The molecule has 0 aliphatic rings. The quantitative estimate of drug-likeness (QED) is 0.146. The maximum absolute atomic E-state index is 13.6. The number of ketones is 1. The van der Waals surface area contributed by atoms with E-state index in [2.05, 4.69) is 22.3 Å². The standard InChI is InChI=1S/C40H38N2O4S.Li/c1-28-11-9-10-16-34(28)36-25-30(17-22-35(36)39(44)41-37(40(45)46)23-24-47-2)27-42(26-29-12-5-3-6-13-29)33-20-18-32(19-21-33)38(43)31-14-7-4-8-15-31;/h3-22,25,37H,23-24,26-27H2,1-2H3,(H,41,44)(H,45,46);/q;+1/p-1/t37-;/m0./s1. The number of hydrogen-bond acceptors (Lipinski definition) is 6. The zero-order valence-electron chi connectivity index (χ0n) is 27.5. The van der Waals surface area contributed by atoms with Gasteiger partial charge in [-0.1, -0.05) is 91.0 Å². The topological polar surface area (TPSA) is 89.5 Å². The van der Waals surface area contributed by atoms with E-state index in [1.54, 1.807) is 6.07 Å². The smallest absolute Gasteiger partial charge is 0.548 e. The van der Waals surface area contributed by atoms with Crippen LogP contribution in [0.15, 0.2) is 127 Å². The summed E-state index contributed by atoms with van der Waals surface area (Å²) in [5.41, 5.74) is 7.33. The Morgan fingerprint density at radius 1 is 0.729 bits per heavy atom. The summed E-state index contributed by atoms with van der Waals surface area (Å²) in [6, 6.07) is 39.5. The van der Waals surface area contributed by atoms with Crippen LogP contribution in [0.4, 0.5) is 5.69 Å². The summed E-state index contributed by atoms with van der Waals surface area (Å²) in [6.45, 7) is 3.14. The van der Waals surface area contributed by atoms with Crippen LogP contribution in [0.5, 0.6) is 0 Å². The average Bonchev–Trinajstić information content (AvgIpc) is 3.10. The number of benzene rings is 5. The number of aryl methyl sites for hydroxylation is 1. The molecule has 0 saturated carbocycles. The van der Waals surface area contributed by atoms with Gasteiger partial charge in [-0.05, 0) is 89.6 Å². The first kappa shape index (κ1) is 36.3. The minimum absolute atomic E-state index is 0. The van der Waals surface area contributed by atoms with Crippen LogP contribution in [0.3, 0.4) is 0 Å². The number of carboxylic acid groups (broad SMARTS) is 1. The molecule has 0 spiro atoms. The van der Waals surface area contributed by atoms with Crippen molar-refractivity contribution in [2.75, 3.05) is 16.9 Å². The van der Waals surface area contributed by atoms with Crippen LogP contribution in [0.25, 0.3) is 11.1 Å². The molecule has 5 aromatic carbocycles. The molecule has 0 radical (unpaired) electrons. The number of thioether (sulfide) groups is 1. The van der Waals surface area contributed by atoms with E-state index in [9.17, 15) is 19.5 Å². The number of nitrogens with zero attached hydrogens (tertiary/aromatic N) is 1. The van der Waals surface area contributed by atoms with Gasteiger partial charge < -0.3 is 20.1 Å². The third kappa shape index (κ3) is 9.29. The van der Waals surface area contributed by atoms with E-state index in [0.29, 0.717) is 35.5 Å². The second-order valence-corrected chi connectivity index (χ2v) is 12.4. The van der Waals surface area contributed by atoms with Gasteiger partial charge in [0.15, 0.2) is 5.78 Å². The fourth-order valence-electron chi connectivity index (χ4n) is 5.55. The SMILES string of the molecule is CSCC[C@H](NC(=O)c1ccc(CN(Cc2ccccc2)c2ccc(C(=O)c3ccccc3)cc2)cc1-c1ccccc1C)C(=O)[O-].[Li+]. The molecule has 0 aliphatic heterocycles. The second-order valence-electron chi connectivity index (χ2n) is 11.4. The van der Waals surface area contributed by atoms with Crippen molar-refractivity contribution in [2.24, 2.45) is 0 Å². The number of carboxylic acids is 1. The summed E-state index contributed by atoms with van der Waals surface area (Å²) in [4.78, 5) is 40.7. The van der Waals surface area contributed by atoms with Crippen molar-refractivity contribution in [2.45, 2.75) is 32.5 Å². The molecule has 1 amide bonds. The van der Waals surface area contributed by atoms with E-state index in [4.69, 9.17) is 0 Å². The van der Waals surface area contributed by atoms with E-state index in [1.807, 2.05) is 122 Å². The Hall–Kier alpha value is -4.54. The number of rotatable bonds is 14. The van der Waals surface area contributed by atoms with Gasteiger partial charge in [-0.25, -0.2) is 0 Å². The number of nitrogens with one attached hydrogen (secondary N) is 1. The number of anilines is 1. The predicted octanol–water partition coefficient (Wildman–Crippen LogP) is 3.71. The van der Waals surface area contributed by atoms with E-state index < -0.39 is 17.9 Å². The Bertz CT molecular complexity index is 1830. The van der Waals surface area contributed by atoms with Gasteiger partial charge in [0.2, 0.25) is 0 Å². The maximum Gasteiger partial charge on any atom is 1.00 e. The van der Waals surface area contributed by atoms with Gasteiger partial charge >= 0.3 is 18.9 Å². The van der Waals surface area contributed by atoms with E-state index in [1.165, 1.54) is 11.8 Å². The normalized spacial score (nSPS) is 11.2. The molecule has 0 saturated heterocycles. The molecule has 5 aromatic rings. The van der Waals surface area contributed by atoms with Crippen LogP contribution >= 0.6 is 11.8 Å². The summed E-state index contributed by atoms with van der Waals surface area (Å²) in [6.07, 6.45) is 2.17. The first-order chi connectivity index (χ1) is 22.8. The molecule has 238 valence electrons. The summed E-state index contributed by atoms with van der Waals surface area (Å²) < 4.78 is 0. The minimum Gasteiger partial charge on any atom is -0.548 e. The van der Waals surface area contributed by atoms with Crippen LogP contribution < -0.4 is 34.2 Å². The van der Waals surface area contributed by atoms with Crippen LogP contribution in [-0.4, -0.2) is 35.7 Å². The van der Waals surface area contributed by atoms with Crippen molar-refractivity contribution >= 4 is 35.1 Å². The van der Waals surface area contributed by atoms with Crippen LogP contribution in [0.1, 0.15) is 49.4 Å². The van der Waals surface area contributed by atoms with Gasteiger partial charge in [0.25, 0.3) is 5.91 Å². The number of carbonyl (C=O) groups is 3. The van der Waals surface area contributed by atoms with Crippen molar-refractivity contribution < 1.29 is 38.4 Å². The Morgan fingerprint density at radius 2 is 1.33 bits per heavy atom. The van der Waals surface area contributed by atoms with Crippen LogP contribution in [0.2, 0.25) is 0 Å². The molecule has 1 N–H and O–H groups in total. The van der Waals surface area contributed by atoms with Gasteiger partial charge in [-0.3, -0.25) is 9.59 Å². The predicted molar refractivity (Wildman–Crippen MR) is 189 cm³/mol. The van der Waals surface area contributed by atoms with Crippen molar-refractivity contribution in [1.29, 1.82) is 0 Å². The monoisotopic (exact) mass is 648 g/mol. The zero-order valence-corrected chi connectivity index (χ0v) is 28.3. The Kier molecular flexibility index (Phi) is 13.3. The van der Waals surface area contributed by atoms with E-state index in [-0.39, 0.29) is 31.1 Å². The van der Waals surface area contributed by atoms with E-state index in [0.717, 1.165) is 33.5 Å². The molecule has 0 fully saturated rings. The third-order valence-corrected chi connectivity index (χ3v) is 8.73. The molecule has 0 aromatic heterocycles. The van der Waals surface area contributed by atoms with Crippen LogP contribution in [0, 0.1) is 6.92 Å². The largest absolute Gasteiger partial charge is 1.00 e. The summed E-state index contributed by atoms with van der Waals surface area (Å²) in [5.74, 6) is -1.20. The Labute approximate surface area is 298 Å². The fraction of sp³-hybridized carbons (Fsp3) is 0.175. The van der Waals surface area contributed by atoms with Crippen LogP contribution in [-0.2, 0) is 17.9 Å². The molecule has 0 bridgehead atoms. The first-order valence-electron chi connectivity index (χ1n) is 15.5. The molecule has 0 aliphatic carbocycles. The molecule has 8 heteroatoms. The minimum atomic E-state index is -1.30. The molecule has 5 rings (SSSR count). The zero-order chi connectivity index (χ0) is 33.2. The molecule has 1 atom stereocenters. The van der Waals surface area contributed by atoms with Gasteiger partial charge in [0.05, 0.1) is 12.0 Å². The second kappa shape index (κ2) is 17.6. The number of aliphatic carboxylic acids is 1. The number of hydrogen-bond donors (Lipinski definition) is 1. The van der Waals surface area contributed by atoms with Crippen molar-refractivity contribution in [3.63, 3.8) is 0 Å². The number of amides is 1. The van der Waals surface area contributed by atoms with E-state index >= 15 is 0 Å². The molecule has 6 nitrogen and oxygen atoms in total. The van der Waals surface area contributed by atoms with Gasteiger partial charge in [0, 0.05) is 35.5 Å². The Balaban J connectivity index is 0.00000520. The molecule has 48 heavy (non-hydrogen) atoms. The van der Waals surface area contributed by atoms with Gasteiger partial charge in [0.1, 0.15) is 0 Å². The molecular formula is C40H37LiN2O4S. The number of carbonyl (C=O) groups excluding carboxylic acids is 3. The summed E-state index contributed by atoms with van der Waals surface area (Å²) in [5, 5.41) is 14.5. The molecular weight excluding hydrogens is 611 g/mol. The average molecular weight is 649 g/mol. The van der Waals surface area contributed by atoms with Gasteiger partial charge in [-0.2, -0.15) is 11.8 Å². The van der Waals surface area contributed by atoms with Crippen molar-refractivity contribution in [1.82, 2.24) is 5.32 Å². The fourth-order valence-corrected chi connectivity index (χ4v) is 6.02. The van der Waals surface area contributed by atoms with Gasteiger partial charge in [-0.15, -0.1) is 0 Å². The maximum atomic E-state index is 13.6. The summed E-state index contributed by atoms with van der Waals surface area (Å²) in [7, 11) is 0. The third-order valence-electron chi connectivity index (χ3n) is 8.08. The van der Waals surface area contributed by atoms with Crippen molar-refractivity contribution in [3.8, 4) is 11.1 Å². The Morgan fingerprint density at radius 3 is 1.98 bits per heavy atom. The summed E-state index contributed by atoms with van der Waals surface area (Å²) >= 11 is 1.52. The first-order valence-corrected chi connectivity index (χ1v) is 16.9. The molecule has 0 unspecified atom stereocenters. The van der Waals surface area contributed by atoms with Crippen molar-refractivity contribution in [3.05, 3.63) is 161 Å².